The van der Waals surface area contributed by atoms with Gasteiger partial charge in [0.25, 0.3) is 0 Å². The van der Waals surface area contributed by atoms with Crippen LogP contribution in [-0.4, -0.2) is 19.2 Å². The fourth-order valence-electron chi connectivity index (χ4n) is 1.72. The van der Waals surface area contributed by atoms with Gasteiger partial charge in [0, 0.05) is 6.04 Å². The Morgan fingerprint density at radius 1 is 1.41 bits per heavy atom. The van der Waals surface area contributed by atoms with Crippen molar-refractivity contribution in [1.82, 2.24) is 5.32 Å². The standard InChI is InChI=1S/C15H23NO/c1-5-16-13(4)12(3)10-14-8-7-9-15(11-14)17-6-2/h7-11,13,16H,5-6H2,1-4H3/b12-10+. The molecule has 0 saturated carbocycles. The quantitative estimate of drug-likeness (QED) is 0.812. The molecule has 94 valence electrons. The number of rotatable bonds is 6. The van der Waals surface area contributed by atoms with Crippen LogP contribution in [0.5, 0.6) is 5.75 Å². The third kappa shape index (κ3) is 4.61. The first-order valence-corrected chi connectivity index (χ1v) is 6.31. The summed E-state index contributed by atoms with van der Waals surface area (Å²) in [6.07, 6.45) is 2.20. The molecule has 0 aromatic heterocycles. The Morgan fingerprint density at radius 2 is 2.18 bits per heavy atom. The van der Waals surface area contributed by atoms with Crippen molar-refractivity contribution < 1.29 is 4.74 Å². The van der Waals surface area contributed by atoms with Crippen LogP contribution in [0.25, 0.3) is 6.08 Å². The van der Waals surface area contributed by atoms with Gasteiger partial charge in [-0.05, 0) is 45.0 Å². The molecule has 0 fully saturated rings. The van der Waals surface area contributed by atoms with Crippen LogP contribution in [0.3, 0.4) is 0 Å². The van der Waals surface area contributed by atoms with E-state index in [0.29, 0.717) is 12.6 Å². The predicted molar refractivity (Wildman–Crippen MR) is 74.4 cm³/mol. The van der Waals surface area contributed by atoms with E-state index < -0.39 is 0 Å². The summed E-state index contributed by atoms with van der Waals surface area (Å²) in [6.45, 7) is 10.2. The lowest BCUT2D eigenvalue weighted by Gasteiger charge is -2.13. The number of nitrogens with one attached hydrogen (secondary N) is 1. The number of likely N-dealkylation sites (N-methyl/N-ethyl adjacent to an activating group) is 1. The topological polar surface area (TPSA) is 21.3 Å². The highest BCUT2D eigenvalue weighted by Gasteiger charge is 2.02. The van der Waals surface area contributed by atoms with Gasteiger partial charge in [-0.3, -0.25) is 0 Å². The molecule has 0 aliphatic heterocycles. The zero-order valence-corrected chi connectivity index (χ0v) is 11.3. The predicted octanol–water partition coefficient (Wildman–Crippen LogP) is 3.49. The molecule has 0 aliphatic carbocycles. The second kappa shape index (κ2) is 7.13. The number of benzene rings is 1. The monoisotopic (exact) mass is 233 g/mol. The van der Waals surface area contributed by atoms with Crippen LogP contribution in [0.2, 0.25) is 0 Å². The lowest BCUT2D eigenvalue weighted by Crippen LogP contribution is -2.26. The second-order valence-electron chi connectivity index (χ2n) is 4.17. The Balaban J connectivity index is 2.78. The molecule has 17 heavy (non-hydrogen) atoms. The highest BCUT2D eigenvalue weighted by molar-refractivity contribution is 5.55. The van der Waals surface area contributed by atoms with Gasteiger partial charge >= 0.3 is 0 Å². The van der Waals surface area contributed by atoms with E-state index in [1.807, 2.05) is 19.1 Å². The molecular weight excluding hydrogens is 210 g/mol. The van der Waals surface area contributed by atoms with E-state index in [9.17, 15) is 0 Å². The minimum absolute atomic E-state index is 0.413. The summed E-state index contributed by atoms with van der Waals surface area (Å²) < 4.78 is 5.49. The maximum Gasteiger partial charge on any atom is 0.119 e. The first-order chi connectivity index (χ1) is 8.17. The summed E-state index contributed by atoms with van der Waals surface area (Å²) >= 11 is 0. The number of ether oxygens (including phenoxy) is 1. The lowest BCUT2D eigenvalue weighted by atomic mass is 10.1. The molecule has 1 unspecified atom stereocenters. The van der Waals surface area contributed by atoms with Crippen LogP contribution >= 0.6 is 0 Å². The van der Waals surface area contributed by atoms with E-state index in [-0.39, 0.29) is 0 Å². The van der Waals surface area contributed by atoms with Crippen molar-refractivity contribution in [2.75, 3.05) is 13.2 Å². The SMILES string of the molecule is CCNC(C)/C(C)=C/c1cccc(OCC)c1. The van der Waals surface area contributed by atoms with Gasteiger partial charge in [-0.25, -0.2) is 0 Å². The first kappa shape index (κ1) is 13.8. The van der Waals surface area contributed by atoms with Crippen LogP contribution in [0.1, 0.15) is 33.3 Å². The molecule has 2 heteroatoms. The van der Waals surface area contributed by atoms with Gasteiger partial charge in [0.2, 0.25) is 0 Å². The Hall–Kier alpha value is -1.28. The van der Waals surface area contributed by atoms with Crippen LogP contribution in [0, 0.1) is 0 Å². The molecule has 1 aromatic rings. The third-order valence-electron chi connectivity index (χ3n) is 2.76. The van der Waals surface area contributed by atoms with Crippen molar-refractivity contribution in [1.29, 1.82) is 0 Å². The highest BCUT2D eigenvalue weighted by Crippen LogP contribution is 2.16. The van der Waals surface area contributed by atoms with E-state index in [4.69, 9.17) is 4.74 Å². The van der Waals surface area contributed by atoms with Crippen LogP contribution in [0.4, 0.5) is 0 Å². The molecule has 0 bridgehead atoms. The fraction of sp³-hybridized carbons (Fsp3) is 0.467. The number of hydrogen-bond donors (Lipinski definition) is 1. The molecule has 1 rings (SSSR count). The van der Waals surface area contributed by atoms with Crippen molar-refractivity contribution in [3.05, 3.63) is 35.4 Å². The zero-order valence-electron chi connectivity index (χ0n) is 11.3. The summed E-state index contributed by atoms with van der Waals surface area (Å²) in [5.74, 6) is 0.935. The first-order valence-electron chi connectivity index (χ1n) is 6.31. The van der Waals surface area contributed by atoms with Crippen molar-refractivity contribution in [2.24, 2.45) is 0 Å². The van der Waals surface area contributed by atoms with Gasteiger partial charge < -0.3 is 10.1 Å². The van der Waals surface area contributed by atoms with Crippen molar-refractivity contribution >= 4 is 6.08 Å². The zero-order chi connectivity index (χ0) is 12.7. The van der Waals surface area contributed by atoms with E-state index in [0.717, 1.165) is 12.3 Å². The van der Waals surface area contributed by atoms with Crippen LogP contribution in [-0.2, 0) is 0 Å². The molecule has 0 saturated heterocycles. The largest absolute Gasteiger partial charge is 0.494 e. The molecule has 1 atom stereocenters. The second-order valence-corrected chi connectivity index (χ2v) is 4.17. The normalized spacial score (nSPS) is 13.5. The van der Waals surface area contributed by atoms with E-state index in [1.165, 1.54) is 11.1 Å². The van der Waals surface area contributed by atoms with Gasteiger partial charge in [-0.15, -0.1) is 0 Å². The molecule has 0 amide bonds. The Morgan fingerprint density at radius 3 is 2.82 bits per heavy atom. The fourth-order valence-corrected chi connectivity index (χ4v) is 1.72. The average molecular weight is 233 g/mol. The summed E-state index contributed by atoms with van der Waals surface area (Å²) in [6, 6.07) is 8.61. The molecule has 2 nitrogen and oxygen atoms in total. The smallest absolute Gasteiger partial charge is 0.119 e. The molecule has 0 spiro atoms. The van der Waals surface area contributed by atoms with Gasteiger partial charge in [-0.1, -0.05) is 30.7 Å². The van der Waals surface area contributed by atoms with Crippen molar-refractivity contribution in [3.63, 3.8) is 0 Å². The van der Waals surface area contributed by atoms with Gasteiger partial charge in [0.05, 0.1) is 6.61 Å². The summed E-state index contributed by atoms with van der Waals surface area (Å²) in [5.41, 5.74) is 2.53. The molecular formula is C15H23NO. The highest BCUT2D eigenvalue weighted by atomic mass is 16.5. The van der Waals surface area contributed by atoms with Crippen molar-refractivity contribution in [2.45, 2.75) is 33.7 Å². The Kier molecular flexibility index (Phi) is 5.78. The Bertz CT molecular complexity index is 371. The van der Waals surface area contributed by atoms with E-state index in [1.54, 1.807) is 0 Å². The number of hydrogen-bond acceptors (Lipinski definition) is 2. The minimum Gasteiger partial charge on any atom is -0.494 e. The van der Waals surface area contributed by atoms with Gasteiger partial charge in [0.15, 0.2) is 0 Å². The lowest BCUT2D eigenvalue weighted by molar-refractivity contribution is 0.340. The van der Waals surface area contributed by atoms with E-state index in [2.05, 4.69) is 44.3 Å². The summed E-state index contributed by atoms with van der Waals surface area (Å²) in [4.78, 5) is 0. The van der Waals surface area contributed by atoms with Crippen molar-refractivity contribution in [3.8, 4) is 5.75 Å². The van der Waals surface area contributed by atoms with Gasteiger partial charge in [0.1, 0.15) is 5.75 Å². The molecule has 0 radical (unpaired) electrons. The maximum absolute atomic E-state index is 5.49. The van der Waals surface area contributed by atoms with Crippen LogP contribution < -0.4 is 10.1 Å². The Labute approximate surface area is 105 Å². The average Bonchev–Trinajstić information content (AvgIpc) is 2.30. The molecule has 0 aliphatic rings. The van der Waals surface area contributed by atoms with Crippen LogP contribution in [0.15, 0.2) is 29.8 Å². The minimum atomic E-state index is 0.413. The molecule has 1 N–H and O–H groups in total. The summed E-state index contributed by atoms with van der Waals surface area (Å²) in [7, 11) is 0. The molecule has 1 aromatic carbocycles. The van der Waals surface area contributed by atoms with E-state index >= 15 is 0 Å². The maximum atomic E-state index is 5.49. The molecule has 0 heterocycles. The third-order valence-corrected chi connectivity index (χ3v) is 2.76. The summed E-state index contributed by atoms with van der Waals surface area (Å²) in [5, 5.41) is 3.41. The van der Waals surface area contributed by atoms with Gasteiger partial charge in [-0.2, -0.15) is 0 Å².